The van der Waals surface area contributed by atoms with Gasteiger partial charge in [-0.15, -0.1) is 0 Å². The molecule has 0 saturated carbocycles. The van der Waals surface area contributed by atoms with E-state index in [4.69, 9.17) is 14.5 Å². The van der Waals surface area contributed by atoms with Crippen molar-refractivity contribution in [2.24, 2.45) is 0 Å². The Morgan fingerprint density at radius 1 is 1.09 bits per heavy atom. The Hall–Kier alpha value is -2.01. The van der Waals surface area contributed by atoms with E-state index in [0.29, 0.717) is 12.0 Å². The van der Waals surface area contributed by atoms with Gasteiger partial charge in [-0.1, -0.05) is 48.5 Å². The van der Waals surface area contributed by atoms with Crippen molar-refractivity contribution in [3.8, 4) is 0 Å². The molecule has 2 aliphatic rings. The zero-order valence-corrected chi connectivity index (χ0v) is 13.1. The van der Waals surface area contributed by atoms with Crippen LogP contribution in [0.4, 0.5) is 0 Å². The van der Waals surface area contributed by atoms with Gasteiger partial charge in [0.05, 0.1) is 0 Å². The van der Waals surface area contributed by atoms with Crippen LogP contribution in [0.25, 0.3) is 0 Å². The Morgan fingerprint density at radius 3 is 2.65 bits per heavy atom. The molecule has 0 spiro atoms. The first-order valence-electron chi connectivity index (χ1n) is 7.78. The maximum atomic E-state index is 12.5. The third-order valence-corrected chi connectivity index (χ3v) is 4.72. The molecular weight excluding hydrogens is 292 g/mol. The van der Waals surface area contributed by atoms with Crippen LogP contribution in [-0.2, 0) is 20.1 Å². The predicted molar refractivity (Wildman–Crippen MR) is 83.7 cm³/mol. The van der Waals surface area contributed by atoms with Gasteiger partial charge in [0.2, 0.25) is 6.29 Å². The molecule has 0 radical (unpaired) electrons. The molecule has 0 aromatic heterocycles. The fourth-order valence-corrected chi connectivity index (χ4v) is 3.53. The zero-order valence-electron chi connectivity index (χ0n) is 13.1. The normalized spacial score (nSPS) is 29.7. The zero-order chi connectivity index (χ0) is 16.0. The van der Waals surface area contributed by atoms with Crippen LogP contribution in [0.15, 0.2) is 48.5 Å². The van der Waals surface area contributed by atoms with Crippen LogP contribution in [0.1, 0.15) is 46.7 Å². The number of ketones is 1. The average Bonchev–Trinajstić information content (AvgIpc) is 2.56. The Balaban J connectivity index is 1.73. The molecule has 1 heterocycles. The van der Waals surface area contributed by atoms with Crippen LogP contribution in [0.3, 0.4) is 0 Å². The van der Waals surface area contributed by atoms with Gasteiger partial charge in [0.1, 0.15) is 6.10 Å². The molecule has 4 heteroatoms. The van der Waals surface area contributed by atoms with Gasteiger partial charge in [-0.05, 0) is 19.4 Å². The molecule has 3 atom stereocenters. The van der Waals surface area contributed by atoms with E-state index in [1.54, 1.807) is 0 Å². The van der Waals surface area contributed by atoms with Crippen LogP contribution in [0.5, 0.6) is 0 Å². The fraction of sp³-hybridized carbons (Fsp3) is 0.316. The van der Waals surface area contributed by atoms with Gasteiger partial charge in [-0.3, -0.25) is 4.79 Å². The first-order valence-corrected chi connectivity index (χ1v) is 7.78. The Bertz CT molecular complexity index is 755. The Kier molecular flexibility index (Phi) is 3.34. The van der Waals surface area contributed by atoms with E-state index in [9.17, 15) is 4.79 Å². The summed E-state index contributed by atoms with van der Waals surface area (Å²) in [5, 5.41) is 0. The molecule has 0 bridgehead atoms. The second-order valence-electron chi connectivity index (χ2n) is 6.28. The minimum atomic E-state index is -0.778. The highest BCUT2D eigenvalue weighted by molar-refractivity contribution is 6.00. The van der Waals surface area contributed by atoms with E-state index in [1.165, 1.54) is 0 Å². The minimum Gasteiger partial charge on any atom is -0.339 e. The molecule has 0 N–H and O–H groups in total. The molecule has 1 aliphatic carbocycles. The Morgan fingerprint density at radius 2 is 1.87 bits per heavy atom. The molecule has 1 fully saturated rings. The summed E-state index contributed by atoms with van der Waals surface area (Å²) in [6.07, 6.45) is -0.699. The van der Waals surface area contributed by atoms with Crippen molar-refractivity contribution in [1.82, 2.24) is 0 Å². The lowest BCUT2D eigenvalue weighted by atomic mass is 9.75. The lowest BCUT2D eigenvalue weighted by Crippen LogP contribution is -2.51. The molecule has 0 unspecified atom stereocenters. The topological polar surface area (TPSA) is 44.8 Å². The molecule has 2 aromatic rings. The second-order valence-corrected chi connectivity index (χ2v) is 6.28. The van der Waals surface area contributed by atoms with Crippen LogP contribution < -0.4 is 0 Å². The van der Waals surface area contributed by atoms with Crippen LogP contribution >= 0.6 is 0 Å². The molecule has 118 valence electrons. The number of carbonyl (C=O) groups excluding carboxylic acids is 1. The first kappa shape index (κ1) is 14.6. The second kappa shape index (κ2) is 5.27. The molecule has 4 nitrogen and oxygen atoms in total. The summed E-state index contributed by atoms with van der Waals surface area (Å²) >= 11 is 0. The van der Waals surface area contributed by atoms with Crippen LogP contribution in [0, 0.1) is 6.92 Å². The summed E-state index contributed by atoms with van der Waals surface area (Å²) in [7, 11) is 0. The number of Topliss-reactive ketones (excluding diaryl/α,β-unsaturated/α-hetero) is 1. The van der Waals surface area contributed by atoms with Crippen molar-refractivity contribution in [1.29, 1.82) is 0 Å². The van der Waals surface area contributed by atoms with Crippen LogP contribution in [-0.4, -0.2) is 11.9 Å². The van der Waals surface area contributed by atoms with Crippen molar-refractivity contribution >= 4 is 5.78 Å². The lowest BCUT2D eigenvalue weighted by Gasteiger charge is -2.46. The summed E-state index contributed by atoms with van der Waals surface area (Å²) in [6.45, 7) is 3.91. The molecule has 4 rings (SSSR count). The summed E-state index contributed by atoms with van der Waals surface area (Å²) in [5.41, 5.74) is 2.67. The number of rotatable bonds is 1. The molecule has 1 saturated heterocycles. The van der Waals surface area contributed by atoms with Gasteiger partial charge in [-0.25, -0.2) is 4.89 Å². The van der Waals surface area contributed by atoms with Crippen molar-refractivity contribution in [2.45, 2.75) is 38.3 Å². The highest BCUT2D eigenvalue weighted by atomic mass is 17.2. The maximum Gasteiger partial charge on any atom is 0.217 e. The number of fused-ring (bicyclic) bond motifs is 3. The Labute approximate surface area is 134 Å². The average molecular weight is 310 g/mol. The molecule has 2 aromatic carbocycles. The van der Waals surface area contributed by atoms with Crippen LogP contribution in [0.2, 0.25) is 0 Å². The molecule has 1 aliphatic heterocycles. The highest BCUT2D eigenvalue weighted by Gasteiger charge is 2.51. The van der Waals surface area contributed by atoms with E-state index in [0.717, 1.165) is 16.7 Å². The van der Waals surface area contributed by atoms with Gasteiger partial charge in [-0.2, -0.15) is 4.89 Å². The first-order chi connectivity index (χ1) is 11.1. The van der Waals surface area contributed by atoms with Crippen molar-refractivity contribution in [3.63, 3.8) is 0 Å². The van der Waals surface area contributed by atoms with E-state index in [-0.39, 0.29) is 11.9 Å². The lowest BCUT2D eigenvalue weighted by molar-refractivity contribution is -0.496. The monoisotopic (exact) mass is 310 g/mol. The maximum absolute atomic E-state index is 12.5. The number of carbonyl (C=O) groups is 1. The van der Waals surface area contributed by atoms with Gasteiger partial charge in [0.25, 0.3) is 0 Å². The van der Waals surface area contributed by atoms with Crippen molar-refractivity contribution in [3.05, 3.63) is 70.8 Å². The highest BCUT2D eigenvalue weighted by Crippen LogP contribution is 2.47. The summed E-state index contributed by atoms with van der Waals surface area (Å²) < 4.78 is 6.09. The van der Waals surface area contributed by atoms with E-state index < -0.39 is 11.9 Å². The summed E-state index contributed by atoms with van der Waals surface area (Å²) in [6, 6.07) is 15.3. The molecule has 23 heavy (non-hydrogen) atoms. The molecule has 0 amide bonds. The van der Waals surface area contributed by atoms with Gasteiger partial charge in [0, 0.05) is 23.1 Å². The number of benzene rings is 2. The number of hydrogen-bond acceptors (Lipinski definition) is 4. The van der Waals surface area contributed by atoms with E-state index >= 15 is 0 Å². The summed E-state index contributed by atoms with van der Waals surface area (Å²) in [5.74, 6) is 0.0866. The SMILES string of the molecule is Cc1cccc2c1[C@@]1(C)OO[C@@H](c3ccccc3)O[C@H]1CC2=O. The third kappa shape index (κ3) is 2.22. The number of aryl methyl sites for hydroxylation is 1. The fourth-order valence-electron chi connectivity index (χ4n) is 3.53. The number of hydrogen-bond donors (Lipinski definition) is 0. The third-order valence-electron chi connectivity index (χ3n) is 4.72. The number of ether oxygens (including phenoxy) is 1. The molecular formula is C19H18O4. The quantitative estimate of drug-likeness (QED) is 0.751. The van der Waals surface area contributed by atoms with Gasteiger partial charge in [0.15, 0.2) is 11.4 Å². The van der Waals surface area contributed by atoms with E-state index in [2.05, 4.69) is 0 Å². The smallest absolute Gasteiger partial charge is 0.217 e. The van der Waals surface area contributed by atoms with Gasteiger partial charge >= 0.3 is 0 Å². The van der Waals surface area contributed by atoms with Gasteiger partial charge < -0.3 is 4.74 Å². The van der Waals surface area contributed by atoms with E-state index in [1.807, 2.05) is 62.4 Å². The van der Waals surface area contributed by atoms with Crippen molar-refractivity contribution in [2.75, 3.05) is 0 Å². The van der Waals surface area contributed by atoms with Crippen molar-refractivity contribution < 1.29 is 19.3 Å². The summed E-state index contributed by atoms with van der Waals surface area (Å²) in [4.78, 5) is 23.9. The standard InChI is InChI=1S/C19H18O4/c1-12-7-6-10-14-15(20)11-16-19(2,17(12)14)23-22-18(21-16)13-8-4-3-5-9-13/h3-10,16,18H,11H2,1-2H3/t16-,18-,19-/m0/s1. The minimum absolute atomic E-state index is 0.0866. The largest absolute Gasteiger partial charge is 0.339 e. The predicted octanol–water partition coefficient (Wildman–Crippen LogP) is 3.84.